The van der Waals surface area contributed by atoms with Crippen LogP contribution in [0.4, 0.5) is 0 Å². The summed E-state index contributed by atoms with van der Waals surface area (Å²) in [6.45, 7) is 7.13. The first-order valence-electron chi connectivity index (χ1n) is 6.67. The smallest absolute Gasteiger partial charge is 0.101 e. The Hall–Kier alpha value is -0.740. The Bertz CT molecular complexity index is 607. The lowest BCUT2D eigenvalue weighted by atomic mass is 10.1. The van der Waals surface area contributed by atoms with E-state index in [1.54, 1.807) is 18.0 Å². The zero-order chi connectivity index (χ0) is 15.5. The number of benzene rings is 1. The van der Waals surface area contributed by atoms with Crippen molar-refractivity contribution in [3.8, 4) is 0 Å². The van der Waals surface area contributed by atoms with Crippen LogP contribution in [0.5, 0.6) is 0 Å². The zero-order valence-corrected chi connectivity index (χ0v) is 14.6. The first-order valence-corrected chi connectivity index (χ1v) is 8.24. The largest absolute Gasteiger partial charge is 0.308 e. The minimum Gasteiger partial charge on any atom is -0.308 e. The van der Waals surface area contributed by atoms with Crippen molar-refractivity contribution >= 4 is 35.0 Å². The maximum atomic E-state index is 6.35. The van der Waals surface area contributed by atoms with Gasteiger partial charge in [0.2, 0.25) is 0 Å². The van der Waals surface area contributed by atoms with E-state index in [0.29, 0.717) is 5.02 Å². The summed E-state index contributed by atoms with van der Waals surface area (Å²) >= 11 is 13.8. The molecule has 0 aliphatic rings. The Morgan fingerprint density at radius 1 is 1.14 bits per heavy atom. The van der Waals surface area contributed by atoms with Crippen molar-refractivity contribution in [2.24, 2.45) is 0 Å². The van der Waals surface area contributed by atoms with Gasteiger partial charge in [0, 0.05) is 28.2 Å². The molecule has 2 aromatic rings. The van der Waals surface area contributed by atoms with Crippen LogP contribution >= 0.6 is 35.0 Å². The molecule has 1 heterocycles. The summed E-state index contributed by atoms with van der Waals surface area (Å²) in [5.74, 6) is 0. The molecule has 1 N–H and O–H groups in total. The highest BCUT2D eigenvalue weighted by Crippen LogP contribution is 2.33. The van der Waals surface area contributed by atoms with Crippen molar-refractivity contribution in [1.82, 2.24) is 10.3 Å². The number of halogens is 2. The van der Waals surface area contributed by atoms with Gasteiger partial charge in [0.15, 0.2) is 0 Å². The molecule has 0 amide bonds. The molecule has 2 nitrogen and oxygen atoms in total. The highest BCUT2D eigenvalue weighted by Gasteiger charge is 2.13. The van der Waals surface area contributed by atoms with E-state index in [4.69, 9.17) is 23.2 Å². The standard InChI is InChI=1S/C16H18Cl2N2S/c1-16(2,3)20-10-12-13(18)5-4-6-14(12)21-15-8-7-11(17)9-19-15/h4-9,20H,10H2,1-3H3. The van der Waals surface area contributed by atoms with Crippen LogP contribution in [-0.2, 0) is 6.54 Å². The summed E-state index contributed by atoms with van der Waals surface area (Å²) in [5.41, 5.74) is 1.13. The first-order chi connectivity index (χ1) is 9.85. The van der Waals surface area contributed by atoms with Gasteiger partial charge < -0.3 is 5.32 Å². The van der Waals surface area contributed by atoms with E-state index in [9.17, 15) is 0 Å². The highest BCUT2D eigenvalue weighted by molar-refractivity contribution is 7.99. The number of rotatable bonds is 4. The summed E-state index contributed by atoms with van der Waals surface area (Å²) < 4.78 is 0. The molecule has 0 atom stereocenters. The minimum absolute atomic E-state index is 0.0413. The van der Waals surface area contributed by atoms with Gasteiger partial charge in [0.1, 0.15) is 5.03 Å². The van der Waals surface area contributed by atoms with Gasteiger partial charge in [0.05, 0.1) is 5.02 Å². The number of nitrogens with one attached hydrogen (secondary N) is 1. The average Bonchev–Trinajstić information content (AvgIpc) is 2.39. The molecule has 0 spiro atoms. The van der Waals surface area contributed by atoms with E-state index in [0.717, 1.165) is 27.1 Å². The van der Waals surface area contributed by atoms with E-state index in [2.05, 4.69) is 37.1 Å². The maximum Gasteiger partial charge on any atom is 0.101 e. The van der Waals surface area contributed by atoms with Crippen molar-refractivity contribution in [2.75, 3.05) is 0 Å². The lowest BCUT2D eigenvalue weighted by Gasteiger charge is -2.22. The first kappa shape index (κ1) is 16.6. The number of pyridine rings is 1. The molecule has 112 valence electrons. The van der Waals surface area contributed by atoms with Gasteiger partial charge in [0.25, 0.3) is 0 Å². The van der Waals surface area contributed by atoms with E-state index in [1.165, 1.54) is 0 Å². The van der Waals surface area contributed by atoms with Gasteiger partial charge in [-0.25, -0.2) is 4.98 Å². The topological polar surface area (TPSA) is 24.9 Å². The summed E-state index contributed by atoms with van der Waals surface area (Å²) in [7, 11) is 0. The quantitative estimate of drug-likeness (QED) is 0.803. The number of hydrogen-bond acceptors (Lipinski definition) is 3. The Morgan fingerprint density at radius 2 is 1.90 bits per heavy atom. The lowest BCUT2D eigenvalue weighted by molar-refractivity contribution is 0.422. The van der Waals surface area contributed by atoms with Crippen molar-refractivity contribution < 1.29 is 0 Å². The second-order valence-corrected chi connectivity index (χ2v) is 7.64. The fourth-order valence-electron chi connectivity index (χ4n) is 1.69. The molecule has 21 heavy (non-hydrogen) atoms. The molecular weight excluding hydrogens is 323 g/mol. The van der Waals surface area contributed by atoms with Crippen LogP contribution in [0.15, 0.2) is 46.5 Å². The molecule has 0 saturated heterocycles. The summed E-state index contributed by atoms with van der Waals surface area (Å²) in [6.07, 6.45) is 1.65. The van der Waals surface area contributed by atoms with Crippen molar-refractivity contribution in [1.29, 1.82) is 0 Å². The molecule has 0 aliphatic heterocycles. The molecular formula is C16H18Cl2N2S. The van der Waals surface area contributed by atoms with Gasteiger partial charge in [-0.1, -0.05) is 41.0 Å². The molecule has 0 radical (unpaired) electrons. The Morgan fingerprint density at radius 3 is 2.52 bits per heavy atom. The van der Waals surface area contributed by atoms with Crippen molar-refractivity contribution in [3.05, 3.63) is 52.1 Å². The second-order valence-electron chi connectivity index (χ2n) is 5.74. The Labute approximate surface area is 140 Å². The van der Waals surface area contributed by atoms with Crippen LogP contribution in [0.2, 0.25) is 10.0 Å². The van der Waals surface area contributed by atoms with Crippen LogP contribution < -0.4 is 5.32 Å². The molecule has 0 saturated carbocycles. The van der Waals surface area contributed by atoms with Gasteiger partial charge in [-0.3, -0.25) is 0 Å². The highest BCUT2D eigenvalue weighted by atomic mass is 35.5. The SMILES string of the molecule is CC(C)(C)NCc1c(Cl)cccc1Sc1ccc(Cl)cn1. The van der Waals surface area contributed by atoms with Crippen LogP contribution in [0.1, 0.15) is 26.3 Å². The Balaban J connectivity index is 2.22. The number of nitrogens with zero attached hydrogens (tertiary/aromatic N) is 1. The van der Waals surface area contributed by atoms with E-state index in [-0.39, 0.29) is 5.54 Å². The molecule has 0 unspecified atom stereocenters. The molecule has 1 aromatic carbocycles. The fraction of sp³-hybridized carbons (Fsp3) is 0.312. The average molecular weight is 341 g/mol. The predicted molar refractivity (Wildman–Crippen MR) is 91.4 cm³/mol. The third-order valence-corrected chi connectivity index (χ3v) is 4.42. The van der Waals surface area contributed by atoms with Crippen LogP contribution in [0.3, 0.4) is 0 Å². The van der Waals surface area contributed by atoms with E-state index >= 15 is 0 Å². The van der Waals surface area contributed by atoms with Crippen molar-refractivity contribution in [2.45, 2.75) is 42.8 Å². The second kappa shape index (κ2) is 7.01. The number of hydrogen-bond donors (Lipinski definition) is 1. The third kappa shape index (κ3) is 5.19. The Kier molecular flexibility index (Phi) is 5.55. The summed E-state index contributed by atoms with van der Waals surface area (Å²) in [6, 6.07) is 9.69. The predicted octanol–water partition coefficient (Wildman–Crippen LogP) is 5.43. The number of aromatic nitrogens is 1. The molecule has 0 bridgehead atoms. The zero-order valence-electron chi connectivity index (χ0n) is 12.3. The minimum atomic E-state index is 0.0413. The van der Waals surface area contributed by atoms with Crippen molar-refractivity contribution in [3.63, 3.8) is 0 Å². The summed E-state index contributed by atoms with van der Waals surface area (Å²) in [4.78, 5) is 5.43. The molecule has 5 heteroatoms. The summed E-state index contributed by atoms with van der Waals surface area (Å²) in [5, 5.41) is 5.78. The molecule has 0 aliphatic carbocycles. The third-order valence-electron chi connectivity index (χ3n) is 2.79. The maximum absolute atomic E-state index is 6.35. The van der Waals surface area contributed by atoms with E-state index in [1.807, 2.05) is 24.3 Å². The molecule has 1 aromatic heterocycles. The monoisotopic (exact) mass is 340 g/mol. The molecule has 2 rings (SSSR count). The van der Waals surface area contributed by atoms with E-state index < -0.39 is 0 Å². The van der Waals surface area contributed by atoms with Gasteiger partial charge in [-0.2, -0.15) is 0 Å². The van der Waals surface area contributed by atoms with Crippen LogP contribution in [-0.4, -0.2) is 10.5 Å². The van der Waals surface area contributed by atoms with Crippen LogP contribution in [0, 0.1) is 0 Å². The van der Waals surface area contributed by atoms with Gasteiger partial charge >= 0.3 is 0 Å². The van der Waals surface area contributed by atoms with Gasteiger partial charge in [-0.15, -0.1) is 0 Å². The fourth-order valence-corrected chi connectivity index (χ4v) is 3.02. The van der Waals surface area contributed by atoms with Crippen LogP contribution in [0.25, 0.3) is 0 Å². The normalized spacial score (nSPS) is 11.7. The lowest BCUT2D eigenvalue weighted by Crippen LogP contribution is -2.35. The van der Waals surface area contributed by atoms with Gasteiger partial charge in [-0.05, 0) is 50.6 Å². The molecule has 0 fully saturated rings.